The van der Waals surface area contributed by atoms with Gasteiger partial charge in [0.05, 0.1) is 22.0 Å². The molecule has 1 aliphatic heterocycles. The third-order valence-electron chi connectivity index (χ3n) is 6.17. The summed E-state index contributed by atoms with van der Waals surface area (Å²) in [4.78, 5) is 37.1. The Morgan fingerprint density at radius 3 is 2.64 bits per heavy atom. The normalized spacial score (nSPS) is 12.4. The Balaban J connectivity index is 1.43. The number of hydrogen-bond donors (Lipinski definition) is 1. The molecule has 0 saturated heterocycles. The molecule has 1 aliphatic rings. The van der Waals surface area contributed by atoms with Crippen LogP contribution in [-0.4, -0.2) is 28.3 Å². The Morgan fingerprint density at radius 1 is 1.03 bits per heavy atom. The Kier molecular flexibility index (Phi) is 6.24. The summed E-state index contributed by atoms with van der Waals surface area (Å²) in [5.41, 5.74) is 5.23. The summed E-state index contributed by atoms with van der Waals surface area (Å²) in [5, 5.41) is 2.88. The molecule has 2 heterocycles. The van der Waals surface area contributed by atoms with Crippen LogP contribution >= 0.6 is 11.6 Å². The van der Waals surface area contributed by atoms with Crippen molar-refractivity contribution < 1.29 is 14.0 Å². The molecule has 180 valence electrons. The third kappa shape index (κ3) is 4.45. The summed E-state index contributed by atoms with van der Waals surface area (Å²) in [5.74, 6) is -0.559. The SMILES string of the molecule is Cc1ncc2c(n1)-c1ccccc1N(C(=O)c1ccc(NC(=O)c3cc(F)ccc3Cl)cc1C)CC2. The van der Waals surface area contributed by atoms with Gasteiger partial charge in [-0.25, -0.2) is 14.4 Å². The molecule has 0 spiro atoms. The third-order valence-corrected chi connectivity index (χ3v) is 6.50. The Labute approximate surface area is 212 Å². The smallest absolute Gasteiger partial charge is 0.258 e. The summed E-state index contributed by atoms with van der Waals surface area (Å²) in [6.45, 7) is 4.14. The van der Waals surface area contributed by atoms with E-state index < -0.39 is 11.7 Å². The van der Waals surface area contributed by atoms with Crippen molar-refractivity contribution in [3.8, 4) is 11.3 Å². The first-order valence-corrected chi connectivity index (χ1v) is 11.8. The maximum Gasteiger partial charge on any atom is 0.258 e. The van der Waals surface area contributed by atoms with Gasteiger partial charge in [-0.1, -0.05) is 29.8 Å². The second kappa shape index (κ2) is 9.51. The number of carbonyl (C=O) groups is 2. The molecule has 1 aromatic heterocycles. The number of rotatable bonds is 3. The van der Waals surface area contributed by atoms with Crippen LogP contribution in [0.4, 0.5) is 15.8 Å². The molecule has 0 atom stereocenters. The van der Waals surface area contributed by atoms with Crippen LogP contribution in [0.15, 0.2) is 66.9 Å². The Morgan fingerprint density at radius 2 is 1.83 bits per heavy atom. The minimum absolute atomic E-state index is 0.0357. The zero-order valence-electron chi connectivity index (χ0n) is 19.7. The van der Waals surface area contributed by atoms with E-state index in [2.05, 4.69) is 15.3 Å². The molecule has 0 saturated carbocycles. The van der Waals surface area contributed by atoms with E-state index in [-0.39, 0.29) is 16.5 Å². The van der Waals surface area contributed by atoms with Gasteiger partial charge in [-0.15, -0.1) is 0 Å². The second-order valence-corrected chi connectivity index (χ2v) is 9.03. The number of aromatic nitrogens is 2. The molecule has 0 radical (unpaired) electrons. The van der Waals surface area contributed by atoms with Crippen molar-refractivity contribution in [1.82, 2.24) is 9.97 Å². The highest BCUT2D eigenvalue weighted by Crippen LogP contribution is 2.36. The van der Waals surface area contributed by atoms with Crippen molar-refractivity contribution in [3.05, 3.63) is 106 Å². The van der Waals surface area contributed by atoms with Gasteiger partial charge in [0.1, 0.15) is 11.6 Å². The molecule has 5 rings (SSSR count). The summed E-state index contributed by atoms with van der Waals surface area (Å²) in [6.07, 6.45) is 2.45. The predicted molar refractivity (Wildman–Crippen MR) is 138 cm³/mol. The minimum atomic E-state index is -0.553. The van der Waals surface area contributed by atoms with Gasteiger partial charge in [0.25, 0.3) is 11.8 Å². The lowest BCUT2D eigenvalue weighted by Gasteiger charge is -2.24. The fourth-order valence-electron chi connectivity index (χ4n) is 4.38. The zero-order chi connectivity index (χ0) is 25.4. The first kappa shape index (κ1) is 23.6. The second-order valence-electron chi connectivity index (χ2n) is 8.62. The molecule has 3 aromatic carbocycles. The van der Waals surface area contributed by atoms with E-state index in [4.69, 9.17) is 11.6 Å². The fraction of sp³-hybridized carbons (Fsp3) is 0.143. The van der Waals surface area contributed by atoms with Crippen molar-refractivity contribution >= 4 is 34.8 Å². The largest absolute Gasteiger partial charge is 0.322 e. The van der Waals surface area contributed by atoms with Crippen LogP contribution < -0.4 is 10.2 Å². The van der Waals surface area contributed by atoms with E-state index in [1.165, 1.54) is 12.1 Å². The van der Waals surface area contributed by atoms with E-state index in [0.717, 1.165) is 28.6 Å². The molecule has 8 heteroatoms. The quantitative estimate of drug-likeness (QED) is 0.374. The van der Waals surface area contributed by atoms with Crippen LogP contribution in [-0.2, 0) is 6.42 Å². The maximum absolute atomic E-state index is 13.7. The molecule has 36 heavy (non-hydrogen) atoms. The molecule has 4 aromatic rings. The van der Waals surface area contributed by atoms with Crippen molar-refractivity contribution in [2.45, 2.75) is 20.3 Å². The zero-order valence-corrected chi connectivity index (χ0v) is 20.4. The van der Waals surface area contributed by atoms with E-state index in [1.807, 2.05) is 44.3 Å². The number of carbonyl (C=O) groups excluding carboxylic acids is 2. The van der Waals surface area contributed by atoms with E-state index in [1.54, 1.807) is 23.1 Å². The number of amides is 2. The lowest BCUT2D eigenvalue weighted by molar-refractivity contribution is 0.0985. The highest BCUT2D eigenvalue weighted by atomic mass is 35.5. The van der Waals surface area contributed by atoms with Crippen molar-refractivity contribution in [3.63, 3.8) is 0 Å². The maximum atomic E-state index is 13.7. The number of fused-ring (bicyclic) bond motifs is 3. The van der Waals surface area contributed by atoms with Gasteiger partial charge in [-0.3, -0.25) is 9.59 Å². The van der Waals surface area contributed by atoms with Crippen LogP contribution in [0.3, 0.4) is 0 Å². The molecular weight excluding hydrogens is 479 g/mol. The number of nitrogens with one attached hydrogen (secondary N) is 1. The number of nitrogens with zero attached hydrogens (tertiary/aromatic N) is 3. The topological polar surface area (TPSA) is 75.2 Å². The molecule has 0 aliphatic carbocycles. The van der Waals surface area contributed by atoms with E-state index >= 15 is 0 Å². The summed E-state index contributed by atoms with van der Waals surface area (Å²) >= 11 is 6.05. The van der Waals surface area contributed by atoms with Crippen molar-refractivity contribution in [1.29, 1.82) is 0 Å². The van der Waals surface area contributed by atoms with E-state index in [0.29, 0.717) is 35.6 Å². The number of aryl methyl sites for hydroxylation is 2. The molecule has 0 unspecified atom stereocenters. The summed E-state index contributed by atoms with van der Waals surface area (Å²) in [7, 11) is 0. The Hall–Kier alpha value is -4.10. The van der Waals surface area contributed by atoms with E-state index in [9.17, 15) is 14.0 Å². The summed E-state index contributed by atoms with van der Waals surface area (Å²) < 4.78 is 13.6. The monoisotopic (exact) mass is 500 g/mol. The highest BCUT2D eigenvalue weighted by molar-refractivity contribution is 6.34. The number of halogens is 2. The highest BCUT2D eigenvalue weighted by Gasteiger charge is 2.27. The number of hydrogen-bond acceptors (Lipinski definition) is 4. The molecule has 1 N–H and O–H groups in total. The summed E-state index contributed by atoms with van der Waals surface area (Å²) in [6, 6.07) is 16.4. The van der Waals surface area contributed by atoms with Gasteiger partial charge in [-0.05, 0) is 73.9 Å². The van der Waals surface area contributed by atoms with Gasteiger partial charge in [-0.2, -0.15) is 0 Å². The molecular formula is C28H22ClFN4O2. The van der Waals surface area contributed by atoms with Gasteiger partial charge in [0, 0.05) is 29.6 Å². The van der Waals surface area contributed by atoms with Crippen LogP contribution in [0.25, 0.3) is 11.3 Å². The lowest BCUT2D eigenvalue weighted by Crippen LogP contribution is -2.33. The fourth-order valence-corrected chi connectivity index (χ4v) is 4.58. The molecule has 0 bridgehead atoms. The number of benzene rings is 3. The average molecular weight is 501 g/mol. The Bertz CT molecular complexity index is 1520. The van der Waals surface area contributed by atoms with Crippen LogP contribution in [0.1, 0.15) is 37.7 Å². The van der Waals surface area contributed by atoms with Crippen molar-refractivity contribution in [2.75, 3.05) is 16.8 Å². The molecule has 0 fully saturated rings. The standard InChI is InChI=1S/C28H22ClFN4O2/c1-16-13-20(33-27(35)23-14-19(30)7-10-24(23)29)8-9-21(16)28(36)34-12-11-18-15-31-17(2)32-26(18)22-5-3-4-6-25(22)34/h3-10,13-15H,11-12H2,1-2H3,(H,33,35). The van der Waals surface area contributed by atoms with Crippen LogP contribution in [0.2, 0.25) is 5.02 Å². The van der Waals surface area contributed by atoms with Gasteiger partial charge < -0.3 is 10.2 Å². The molecule has 6 nitrogen and oxygen atoms in total. The number of para-hydroxylation sites is 1. The first-order chi connectivity index (χ1) is 17.3. The van der Waals surface area contributed by atoms with Crippen molar-refractivity contribution in [2.24, 2.45) is 0 Å². The number of anilines is 2. The lowest BCUT2D eigenvalue weighted by atomic mass is 10.0. The first-order valence-electron chi connectivity index (χ1n) is 11.4. The van der Waals surface area contributed by atoms with Crippen LogP contribution in [0, 0.1) is 19.7 Å². The predicted octanol–water partition coefficient (Wildman–Crippen LogP) is 6.01. The van der Waals surface area contributed by atoms with Gasteiger partial charge in [0.15, 0.2) is 0 Å². The minimum Gasteiger partial charge on any atom is -0.322 e. The molecule has 2 amide bonds. The van der Waals surface area contributed by atoms with Crippen LogP contribution in [0.5, 0.6) is 0 Å². The van der Waals surface area contributed by atoms with Gasteiger partial charge in [0.2, 0.25) is 0 Å². The average Bonchev–Trinajstić information content (AvgIpc) is 3.02. The van der Waals surface area contributed by atoms with Gasteiger partial charge >= 0.3 is 0 Å².